The minimum absolute atomic E-state index is 0.0315. The molecule has 0 fully saturated rings. The van der Waals surface area contributed by atoms with Gasteiger partial charge in [-0.1, -0.05) is 66.7 Å². The van der Waals surface area contributed by atoms with Gasteiger partial charge in [0.05, 0.1) is 13.7 Å². The first-order valence-electron chi connectivity index (χ1n) is 7.46. The average Bonchev–Trinajstić information content (AvgIpc) is 2.59. The van der Waals surface area contributed by atoms with Gasteiger partial charge in [-0.3, -0.25) is 9.90 Å². The van der Waals surface area contributed by atoms with E-state index in [1.165, 1.54) is 11.1 Å². The molecule has 2 aromatic carbocycles. The lowest BCUT2D eigenvalue weighted by molar-refractivity contribution is -0.0648. The fourth-order valence-electron chi connectivity index (χ4n) is 2.18. The summed E-state index contributed by atoms with van der Waals surface area (Å²) in [7, 11) is 3.50. The molecule has 3 heteroatoms. The number of nitrogens with zero attached hydrogens (tertiary/aromatic N) is 1. The van der Waals surface area contributed by atoms with E-state index in [2.05, 4.69) is 24.3 Å². The van der Waals surface area contributed by atoms with Crippen molar-refractivity contribution in [1.82, 2.24) is 5.06 Å². The van der Waals surface area contributed by atoms with Crippen LogP contribution in [0.1, 0.15) is 23.7 Å². The Morgan fingerprint density at radius 2 is 1.50 bits per heavy atom. The summed E-state index contributed by atoms with van der Waals surface area (Å²) in [5.74, 6) is 0. The summed E-state index contributed by atoms with van der Waals surface area (Å²) in [5, 5.41) is 1.66. The summed E-state index contributed by atoms with van der Waals surface area (Å²) < 4.78 is 6.12. The molecule has 0 saturated carbocycles. The lowest BCUT2D eigenvalue weighted by Gasteiger charge is -2.18. The van der Waals surface area contributed by atoms with Crippen LogP contribution in [0.3, 0.4) is 0 Å². The van der Waals surface area contributed by atoms with Crippen LogP contribution in [-0.4, -0.2) is 25.8 Å². The van der Waals surface area contributed by atoms with E-state index < -0.39 is 0 Å². The molecule has 0 amide bonds. The molecule has 116 valence electrons. The SMILES string of the molecule is CON(C)/C=C\CCOC(c1ccccc1)c1ccccc1. The fraction of sp³-hybridized carbons (Fsp3) is 0.263. The molecule has 0 heterocycles. The predicted octanol–water partition coefficient (Wildman–Crippen LogP) is 4.19. The molecule has 0 N–H and O–H groups in total. The standard InChI is InChI=1S/C19H23NO2/c1-20(21-2)15-9-10-16-22-19(17-11-5-3-6-12-17)18-13-7-4-8-14-18/h3-9,11-15,19H,10,16H2,1-2H3/b15-9-. The Balaban J connectivity index is 1.99. The maximum atomic E-state index is 6.12. The van der Waals surface area contributed by atoms with E-state index in [4.69, 9.17) is 9.57 Å². The maximum Gasteiger partial charge on any atom is 0.108 e. The number of hydrogen-bond acceptors (Lipinski definition) is 3. The number of rotatable bonds is 8. The monoisotopic (exact) mass is 297 g/mol. The molecule has 0 aliphatic heterocycles. The highest BCUT2D eigenvalue weighted by Crippen LogP contribution is 2.25. The quantitative estimate of drug-likeness (QED) is 0.538. The van der Waals surface area contributed by atoms with Gasteiger partial charge in [-0.2, -0.15) is 0 Å². The van der Waals surface area contributed by atoms with Gasteiger partial charge < -0.3 is 4.74 Å². The van der Waals surface area contributed by atoms with Crippen LogP contribution in [-0.2, 0) is 9.57 Å². The van der Waals surface area contributed by atoms with Gasteiger partial charge in [-0.25, -0.2) is 0 Å². The summed E-state index contributed by atoms with van der Waals surface area (Å²) in [6.45, 7) is 0.655. The summed E-state index contributed by atoms with van der Waals surface area (Å²) in [6.07, 6.45) is 4.74. The van der Waals surface area contributed by atoms with Crippen molar-refractivity contribution in [2.75, 3.05) is 20.8 Å². The van der Waals surface area contributed by atoms with Gasteiger partial charge in [0.1, 0.15) is 6.10 Å². The van der Waals surface area contributed by atoms with E-state index in [0.717, 1.165) is 6.42 Å². The second-order valence-corrected chi connectivity index (χ2v) is 4.97. The Morgan fingerprint density at radius 3 is 2.00 bits per heavy atom. The van der Waals surface area contributed by atoms with Crippen LogP contribution in [0, 0.1) is 0 Å². The smallest absolute Gasteiger partial charge is 0.108 e. The van der Waals surface area contributed by atoms with E-state index >= 15 is 0 Å². The van der Waals surface area contributed by atoms with Crippen molar-refractivity contribution in [2.45, 2.75) is 12.5 Å². The second kappa shape index (κ2) is 9.03. The van der Waals surface area contributed by atoms with Gasteiger partial charge in [0, 0.05) is 13.2 Å². The molecule has 0 unspecified atom stereocenters. The third-order valence-electron chi connectivity index (χ3n) is 3.38. The molecule has 0 aromatic heterocycles. The first kappa shape index (κ1) is 16.3. The molecule has 22 heavy (non-hydrogen) atoms. The lowest BCUT2D eigenvalue weighted by Crippen LogP contribution is -2.08. The van der Waals surface area contributed by atoms with Crippen molar-refractivity contribution in [2.24, 2.45) is 0 Å². The van der Waals surface area contributed by atoms with E-state index in [1.807, 2.05) is 55.7 Å². The minimum atomic E-state index is -0.0315. The first-order chi connectivity index (χ1) is 10.8. The summed E-state index contributed by atoms with van der Waals surface area (Å²) in [5.41, 5.74) is 2.35. The highest BCUT2D eigenvalue weighted by Gasteiger charge is 2.13. The Hall–Kier alpha value is -2.10. The first-order valence-corrected chi connectivity index (χ1v) is 7.46. The summed E-state index contributed by atoms with van der Waals surface area (Å²) >= 11 is 0. The highest BCUT2D eigenvalue weighted by molar-refractivity contribution is 5.29. The van der Waals surface area contributed by atoms with Gasteiger partial charge >= 0.3 is 0 Å². The molecule has 0 saturated heterocycles. The van der Waals surface area contributed by atoms with Gasteiger partial charge in [-0.05, 0) is 17.5 Å². The Labute approximate surface area is 132 Å². The molecule has 3 nitrogen and oxygen atoms in total. The van der Waals surface area contributed by atoms with E-state index in [0.29, 0.717) is 6.61 Å². The van der Waals surface area contributed by atoms with E-state index in [-0.39, 0.29) is 6.10 Å². The number of hydrogen-bond donors (Lipinski definition) is 0. The van der Waals surface area contributed by atoms with Crippen LogP contribution in [0.2, 0.25) is 0 Å². The van der Waals surface area contributed by atoms with Crippen molar-refractivity contribution < 1.29 is 9.57 Å². The number of ether oxygens (including phenoxy) is 1. The fourth-order valence-corrected chi connectivity index (χ4v) is 2.18. The van der Waals surface area contributed by atoms with Crippen LogP contribution >= 0.6 is 0 Å². The number of benzene rings is 2. The van der Waals surface area contributed by atoms with Crippen LogP contribution in [0.5, 0.6) is 0 Å². The predicted molar refractivity (Wildman–Crippen MR) is 89.2 cm³/mol. The molecule has 0 spiro atoms. The van der Waals surface area contributed by atoms with Gasteiger partial charge in [0.25, 0.3) is 0 Å². The Bertz CT molecular complexity index is 515. The zero-order valence-electron chi connectivity index (χ0n) is 13.2. The molecule has 0 atom stereocenters. The third kappa shape index (κ3) is 5.02. The zero-order valence-corrected chi connectivity index (χ0v) is 13.2. The van der Waals surface area contributed by atoms with Gasteiger partial charge in [0.2, 0.25) is 0 Å². The molecule has 0 radical (unpaired) electrons. The Morgan fingerprint density at radius 1 is 0.955 bits per heavy atom. The van der Waals surface area contributed by atoms with Gasteiger partial charge in [0.15, 0.2) is 0 Å². The normalized spacial score (nSPS) is 11.2. The topological polar surface area (TPSA) is 21.7 Å². The summed E-state index contributed by atoms with van der Waals surface area (Å²) in [6, 6.07) is 20.6. The maximum absolute atomic E-state index is 6.12. The highest BCUT2D eigenvalue weighted by atomic mass is 16.7. The molecule has 0 aliphatic carbocycles. The molecular formula is C19H23NO2. The summed E-state index contributed by atoms with van der Waals surface area (Å²) in [4.78, 5) is 5.02. The van der Waals surface area contributed by atoms with Crippen LogP contribution < -0.4 is 0 Å². The van der Waals surface area contributed by atoms with Crippen molar-refractivity contribution >= 4 is 0 Å². The van der Waals surface area contributed by atoms with Crippen molar-refractivity contribution in [3.63, 3.8) is 0 Å². The third-order valence-corrected chi connectivity index (χ3v) is 3.38. The zero-order chi connectivity index (χ0) is 15.6. The van der Waals surface area contributed by atoms with E-state index in [1.54, 1.807) is 12.2 Å². The van der Waals surface area contributed by atoms with Crippen molar-refractivity contribution in [3.8, 4) is 0 Å². The van der Waals surface area contributed by atoms with Gasteiger partial charge in [-0.15, -0.1) is 0 Å². The van der Waals surface area contributed by atoms with Crippen LogP contribution in [0.4, 0.5) is 0 Å². The second-order valence-electron chi connectivity index (χ2n) is 4.97. The lowest BCUT2D eigenvalue weighted by atomic mass is 10.0. The minimum Gasteiger partial charge on any atom is -0.368 e. The van der Waals surface area contributed by atoms with Crippen molar-refractivity contribution in [1.29, 1.82) is 0 Å². The Kier molecular flexibility index (Phi) is 6.68. The molecule has 2 aromatic rings. The van der Waals surface area contributed by atoms with Crippen LogP contribution in [0.25, 0.3) is 0 Å². The van der Waals surface area contributed by atoms with E-state index in [9.17, 15) is 0 Å². The molecular weight excluding hydrogens is 274 g/mol. The molecule has 0 bridgehead atoms. The van der Waals surface area contributed by atoms with Crippen LogP contribution in [0.15, 0.2) is 72.9 Å². The average molecular weight is 297 g/mol. The molecule has 0 aliphatic rings. The number of hydroxylamine groups is 2. The molecule has 2 rings (SSSR count). The van der Waals surface area contributed by atoms with Crippen molar-refractivity contribution in [3.05, 3.63) is 84.1 Å². The largest absolute Gasteiger partial charge is 0.368 e.